The smallest absolute Gasteiger partial charge is 0.130 e. The minimum atomic E-state index is -0.229. The van der Waals surface area contributed by atoms with E-state index >= 15 is 0 Å². The highest BCUT2D eigenvalue weighted by molar-refractivity contribution is 9.10. The van der Waals surface area contributed by atoms with E-state index in [2.05, 4.69) is 15.9 Å². The fourth-order valence-corrected chi connectivity index (χ4v) is 2.31. The molecule has 0 amide bonds. The number of carbonyl (C=O) groups is 1. The molecule has 68 valence electrons. The fourth-order valence-electron chi connectivity index (χ4n) is 1.45. The molecule has 1 nitrogen and oxygen atoms in total. The maximum Gasteiger partial charge on any atom is 0.130 e. The van der Waals surface area contributed by atoms with Crippen LogP contribution < -0.4 is 0 Å². The molecule has 0 saturated heterocycles. The van der Waals surface area contributed by atoms with Gasteiger partial charge >= 0.3 is 0 Å². The first-order valence-corrected chi connectivity index (χ1v) is 5.26. The largest absolute Gasteiger partial charge is 0.302 e. The topological polar surface area (TPSA) is 17.1 Å². The van der Waals surface area contributed by atoms with Crippen LogP contribution in [-0.2, 0) is 10.2 Å². The summed E-state index contributed by atoms with van der Waals surface area (Å²) in [6.07, 6.45) is 2.93. The minimum Gasteiger partial charge on any atom is -0.302 e. The molecule has 3 heteroatoms. The average Bonchev–Trinajstić information content (AvgIpc) is 2.82. The summed E-state index contributed by atoms with van der Waals surface area (Å²) >= 11 is 9.26. The van der Waals surface area contributed by atoms with E-state index in [1.54, 1.807) is 0 Å². The van der Waals surface area contributed by atoms with Gasteiger partial charge in [-0.3, -0.25) is 0 Å². The molecule has 0 bridgehead atoms. The summed E-state index contributed by atoms with van der Waals surface area (Å²) in [6, 6.07) is 5.66. The third kappa shape index (κ3) is 1.65. The summed E-state index contributed by atoms with van der Waals surface area (Å²) < 4.78 is 0.933. The van der Waals surface area contributed by atoms with E-state index in [0.717, 1.165) is 29.2 Å². The van der Waals surface area contributed by atoms with Crippen LogP contribution in [-0.4, -0.2) is 6.29 Å². The van der Waals surface area contributed by atoms with Crippen molar-refractivity contribution in [2.45, 2.75) is 18.3 Å². The van der Waals surface area contributed by atoms with Gasteiger partial charge in [0.1, 0.15) is 6.29 Å². The van der Waals surface area contributed by atoms with Crippen molar-refractivity contribution >= 4 is 33.8 Å². The molecular formula is C10H8BrClO. The molecule has 0 atom stereocenters. The van der Waals surface area contributed by atoms with Crippen molar-refractivity contribution in [1.82, 2.24) is 0 Å². The Labute approximate surface area is 90.2 Å². The Hall–Kier alpha value is -0.340. The third-order valence-electron chi connectivity index (χ3n) is 2.45. The van der Waals surface area contributed by atoms with E-state index in [1.165, 1.54) is 0 Å². The third-order valence-corrected chi connectivity index (χ3v) is 3.13. The predicted molar refractivity (Wildman–Crippen MR) is 56.1 cm³/mol. The van der Waals surface area contributed by atoms with Crippen molar-refractivity contribution in [1.29, 1.82) is 0 Å². The van der Waals surface area contributed by atoms with Crippen molar-refractivity contribution in [2.75, 3.05) is 0 Å². The van der Waals surface area contributed by atoms with Crippen molar-refractivity contribution in [2.24, 2.45) is 0 Å². The number of hydrogen-bond donors (Lipinski definition) is 0. The molecule has 0 spiro atoms. The molecule has 1 aliphatic rings. The number of aldehydes is 1. The van der Waals surface area contributed by atoms with Crippen LogP contribution in [0.4, 0.5) is 0 Å². The Balaban J connectivity index is 2.46. The first-order chi connectivity index (χ1) is 6.16. The van der Waals surface area contributed by atoms with Gasteiger partial charge in [0, 0.05) is 9.50 Å². The molecule has 1 aliphatic carbocycles. The highest BCUT2D eigenvalue weighted by atomic mass is 79.9. The molecule has 2 rings (SSSR count). The van der Waals surface area contributed by atoms with E-state index in [4.69, 9.17) is 11.6 Å². The van der Waals surface area contributed by atoms with Crippen LogP contribution in [0.3, 0.4) is 0 Å². The van der Waals surface area contributed by atoms with Crippen LogP contribution in [0.5, 0.6) is 0 Å². The molecule has 0 N–H and O–H groups in total. The van der Waals surface area contributed by atoms with Crippen LogP contribution in [0.1, 0.15) is 18.4 Å². The van der Waals surface area contributed by atoms with Crippen LogP contribution in [0.2, 0.25) is 5.02 Å². The van der Waals surface area contributed by atoms with Gasteiger partial charge in [-0.1, -0.05) is 27.5 Å². The van der Waals surface area contributed by atoms with Crippen LogP contribution in [0, 0.1) is 0 Å². The zero-order valence-electron chi connectivity index (χ0n) is 6.89. The normalized spacial score (nSPS) is 18.3. The van der Waals surface area contributed by atoms with Crippen LogP contribution >= 0.6 is 27.5 Å². The zero-order valence-corrected chi connectivity index (χ0v) is 9.23. The monoisotopic (exact) mass is 258 g/mol. The number of rotatable bonds is 2. The summed E-state index contributed by atoms with van der Waals surface area (Å²) in [6.45, 7) is 0. The molecule has 0 aliphatic heterocycles. The highest BCUT2D eigenvalue weighted by Gasteiger charge is 2.44. The van der Waals surface area contributed by atoms with Gasteiger partial charge in [0.05, 0.1) is 5.41 Å². The maximum absolute atomic E-state index is 10.9. The average molecular weight is 260 g/mol. The van der Waals surface area contributed by atoms with Gasteiger partial charge in [-0.2, -0.15) is 0 Å². The number of carbonyl (C=O) groups excluding carboxylic acids is 1. The summed E-state index contributed by atoms with van der Waals surface area (Å²) in [5.74, 6) is 0. The maximum atomic E-state index is 10.9. The summed E-state index contributed by atoms with van der Waals surface area (Å²) in [7, 11) is 0. The summed E-state index contributed by atoms with van der Waals surface area (Å²) in [5, 5.41) is 0.678. The number of halogens is 2. The quantitative estimate of drug-likeness (QED) is 0.745. The van der Waals surface area contributed by atoms with E-state index in [0.29, 0.717) is 5.02 Å². The van der Waals surface area contributed by atoms with Gasteiger partial charge in [-0.05, 0) is 36.6 Å². The van der Waals surface area contributed by atoms with E-state index in [9.17, 15) is 4.79 Å². The van der Waals surface area contributed by atoms with E-state index in [-0.39, 0.29) is 5.41 Å². The molecule has 0 radical (unpaired) electrons. The second-order valence-electron chi connectivity index (χ2n) is 3.43. The van der Waals surface area contributed by atoms with E-state index in [1.807, 2.05) is 18.2 Å². The Morgan fingerprint density at radius 2 is 2.08 bits per heavy atom. The second-order valence-corrected chi connectivity index (χ2v) is 4.78. The van der Waals surface area contributed by atoms with Crippen molar-refractivity contribution in [3.8, 4) is 0 Å². The van der Waals surface area contributed by atoms with Gasteiger partial charge in [-0.15, -0.1) is 0 Å². The van der Waals surface area contributed by atoms with Crippen LogP contribution in [0.25, 0.3) is 0 Å². The lowest BCUT2D eigenvalue weighted by Gasteiger charge is -2.08. The first-order valence-electron chi connectivity index (χ1n) is 4.09. The standard InChI is InChI=1S/C10H8BrClO/c11-8-3-7(4-9(12)5-8)10(6-13)1-2-10/h3-6H,1-2H2. The lowest BCUT2D eigenvalue weighted by molar-refractivity contribution is -0.109. The first kappa shape index (κ1) is 9.22. The lowest BCUT2D eigenvalue weighted by atomic mass is 9.98. The molecule has 1 fully saturated rings. The van der Waals surface area contributed by atoms with Crippen LogP contribution in [0.15, 0.2) is 22.7 Å². The molecule has 1 saturated carbocycles. The van der Waals surface area contributed by atoms with Gasteiger partial charge in [0.2, 0.25) is 0 Å². The molecule has 1 aromatic rings. The van der Waals surface area contributed by atoms with Gasteiger partial charge in [0.25, 0.3) is 0 Å². The van der Waals surface area contributed by atoms with Gasteiger partial charge < -0.3 is 4.79 Å². The van der Waals surface area contributed by atoms with Gasteiger partial charge in [0.15, 0.2) is 0 Å². The SMILES string of the molecule is O=CC1(c2cc(Cl)cc(Br)c2)CC1. The molecular weight excluding hydrogens is 251 g/mol. The Bertz CT molecular complexity index is 338. The Morgan fingerprint density at radius 1 is 1.38 bits per heavy atom. The van der Waals surface area contributed by atoms with Gasteiger partial charge in [-0.25, -0.2) is 0 Å². The molecule has 13 heavy (non-hydrogen) atoms. The molecule has 1 aromatic carbocycles. The second kappa shape index (κ2) is 3.10. The predicted octanol–water partition coefficient (Wildman–Crippen LogP) is 3.33. The van der Waals surface area contributed by atoms with E-state index < -0.39 is 0 Å². The summed E-state index contributed by atoms with van der Waals surface area (Å²) in [5.41, 5.74) is 0.801. The Kier molecular flexibility index (Phi) is 2.20. The molecule has 0 heterocycles. The summed E-state index contributed by atoms with van der Waals surface area (Å²) in [4.78, 5) is 10.9. The minimum absolute atomic E-state index is 0.229. The number of hydrogen-bond acceptors (Lipinski definition) is 1. The van der Waals surface area contributed by atoms with Crippen molar-refractivity contribution < 1.29 is 4.79 Å². The highest BCUT2D eigenvalue weighted by Crippen LogP contribution is 2.47. The molecule has 0 unspecified atom stereocenters. The van der Waals surface area contributed by atoms with Crippen molar-refractivity contribution in [3.63, 3.8) is 0 Å². The fraction of sp³-hybridized carbons (Fsp3) is 0.300. The zero-order chi connectivity index (χ0) is 9.47. The van der Waals surface area contributed by atoms with Crippen molar-refractivity contribution in [3.05, 3.63) is 33.3 Å². The lowest BCUT2D eigenvalue weighted by Crippen LogP contribution is -2.07. The Morgan fingerprint density at radius 3 is 2.54 bits per heavy atom. The molecule has 0 aromatic heterocycles. The number of benzene rings is 1.